The van der Waals surface area contributed by atoms with Gasteiger partial charge in [-0.25, -0.2) is 18.8 Å². The summed E-state index contributed by atoms with van der Waals surface area (Å²) in [5, 5.41) is 2.61. The van der Waals surface area contributed by atoms with Crippen LogP contribution in [0.25, 0.3) is 17.0 Å². The molecule has 0 aliphatic heterocycles. The van der Waals surface area contributed by atoms with Crippen LogP contribution in [0.5, 0.6) is 0 Å². The molecule has 0 aliphatic rings. The molecule has 0 spiro atoms. The van der Waals surface area contributed by atoms with E-state index in [0.717, 1.165) is 12.1 Å². The van der Waals surface area contributed by atoms with Gasteiger partial charge in [0.25, 0.3) is 0 Å². The van der Waals surface area contributed by atoms with Crippen molar-refractivity contribution in [2.75, 3.05) is 6.54 Å². The van der Waals surface area contributed by atoms with Crippen LogP contribution in [0, 0.1) is 18.6 Å². The summed E-state index contributed by atoms with van der Waals surface area (Å²) in [5.41, 5.74) is 13.3. The topological polar surface area (TPSA) is 122 Å². The van der Waals surface area contributed by atoms with Crippen molar-refractivity contribution in [3.05, 3.63) is 77.3 Å². The highest BCUT2D eigenvalue weighted by Crippen LogP contribution is 2.23. The van der Waals surface area contributed by atoms with Gasteiger partial charge in [0.2, 0.25) is 5.91 Å². The zero-order valence-corrected chi connectivity index (χ0v) is 18.4. The Labute approximate surface area is 196 Å². The highest BCUT2D eigenvalue weighted by Gasteiger charge is 2.26. The number of nitrogens with zero attached hydrogens (tertiary/aromatic N) is 2. The predicted molar refractivity (Wildman–Crippen MR) is 122 cm³/mol. The number of hydrogen-bond acceptors (Lipinski definition) is 4. The lowest BCUT2D eigenvalue weighted by molar-refractivity contribution is -0.132. The zero-order valence-electron chi connectivity index (χ0n) is 18.4. The number of H-pyrrole nitrogens is 1. The van der Waals surface area contributed by atoms with Gasteiger partial charge >= 0.3 is 6.18 Å². The Kier molecular flexibility index (Phi) is 7.52. The average Bonchev–Trinajstić information content (AvgIpc) is 3.21. The van der Waals surface area contributed by atoms with E-state index in [-0.39, 0.29) is 23.0 Å². The fourth-order valence-corrected chi connectivity index (χ4v) is 3.19. The minimum Gasteiger partial charge on any atom is -0.384 e. The van der Waals surface area contributed by atoms with E-state index in [4.69, 9.17) is 11.5 Å². The highest BCUT2D eigenvalue weighted by atomic mass is 19.4. The van der Waals surface area contributed by atoms with Crippen LogP contribution in [0.2, 0.25) is 0 Å². The molecule has 0 fully saturated rings. The van der Waals surface area contributed by atoms with E-state index in [1.54, 1.807) is 25.1 Å². The molecule has 1 amide bonds. The van der Waals surface area contributed by atoms with E-state index < -0.39 is 36.7 Å². The highest BCUT2D eigenvalue weighted by molar-refractivity contribution is 5.99. The predicted octanol–water partition coefficient (Wildman–Crippen LogP) is 4.33. The van der Waals surface area contributed by atoms with Crippen molar-refractivity contribution in [1.29, 1.82) is 0 Å². The summed E-state index contributed by atoms with van der Waals surface area (Å²) in [7, 11) is 0. The number of amidine groups is 1. The van der Waals surface area contributed by atoms with E-state index in [2.05, 4.69) is 20.3 Å². The number of imidazole rings is 1. The number of amides is 1. The summed E-state index contributed by atoms with van der Waals surface area (Å²) >= 11 is 0. The number of primary amides is 1. The third-order valence-electron chi connectivity index (χ3n) is 4.76. The number of rotatable bonds is 8. The normalized spacial score (nSPS) is 12.6. The second-order valence-electron chi connectivity index (χ2n) is 7.55. The number of halogens is 5. The monoisotopic (exact) mass is 492 g/mol. The van der Waals surface area contributed by atoms with Crippen molar-refractivity contribution >= 4 is 23.1 Å². The van der Waals surface area contributed by atoms with Gasteiger partial charge in [-0.05, 0) is 42.3 Å². The molecule has 1 heterocycles. The van der Waals surface area contributed by atoms with Crippen molar-refractivity contribution in [2.45, 2.75) is 19.5 Å². The maximum absolute atomic E-state index is 13.4. The van der Waals surface area contributed by atoms with Crippen molar-refractivity contribution < 1.29 is 26.7 Å². The molecule has 0 saturated heterocycles. The Hall–Kier alpha value is -4.22. The first-order valence-electron chi connectivity index (χ1n) is 10.2. The largest absolute Gasteiger partial charge is 0.390 e. The maximum atomic E-state index is 13.4. The van der Waals surface area contributed by atoms with Gasteiger partial charge in [0.05, 0.1) is 29.7 Å². The number of aliphatic imine (C=N–C) groups is 1. The molecule has 0 bridgehead atoms. The molecule has 7 nitrogen and oxygen atoms in total. The van der Waals surface area contributed by atoms with Gasteiger partial charge in [-0.2, -0.15) is 13.2 Å². The van der Waals surface area contributed by atoms with Crippen molar-refractivity contribution in [3.8, 4) is 11.3 Å². The Morgan fingerprint density at radius 3 is 2.43 bits per heavy atom. The molecule has 35 heavy (non-hydrogen) atoms. The summed E-state index contributed by atoms with van der Waals surface area (Å²) in [6.45, 7) is 1.22. The van der Waals surface area contributed by atoms with Crippen molar-refractivity contribution in [3.63, 3.8) is 0 Å². The molecule has 3 aromatic rings. The molecule has 0 atom stereocenters. The number of aryl methyl sites for hydroxylation is 1. The second-order valence-corrected chi connectivity index (χ2v) is 7.55. The summed E-state index contributed by atoms with van der Waals surface area (Å²) in [4.78, 5) is 22.5. The van der Waals surface area contributed by atoms with Gasteiger partial charge in [0, 0.05) is 24.3 Å². The zero-order chi connectivity index (χ0) is 25.8. The van der Waals surface area contributed by atoms with Crippen LogP contribution in [0.1, 0.15) is 28.2 Å². The molecule has 0 saturated carbocycles. The number of carbonyl (C=O) groups excluding carboxylic acids is 1. The van der Waals surface area contributed by atoms with Gasteiger partial charge in [-0.15, -0.1) is 0 Å². The number of nitrogens with two attached hydrogens (primary N) is 2. The first kappa shape index (κ1) is 25.4. The number of aromatic amines is 1. The maximum Gasteiger partial charge on any atom is 0.390 e. The van der Waals surface area contributed by atoms with E-state index in [9.17, 15) is 26.7 Å². The molecule has 6 N–H and O–H groups in total. The van der Waals surface area contributed by atoms with Gasteiger partial charge in [-0.3, -0.25) is 4.79 Å². The third kappa shape index (κ3) is 7.13. The van der Waals surface area contributed by atoms with E-state index in [1.807, 2.05) is 0 Å². The Morgan fingerprint density at radius 1 is 1.14 bits per heavy atom. The lowest BCUT2D eigenvalue weighted by Crippen LogP contribution is -2.22. The summed E-state index contributed by atoms with van der Waals surface area (Å²) in [6, 6.07) is 7.45. The van der Waals surface area contributed by atoms with Crippen LogP contribution in [-0.4, -0.2) is 34.4 Å². The number of nitrogens with one attached hydrogen (secondary N) is 2. The van der Waals surface area contributed by atoms with Crippen molar-refractivity contribution in [2.24, 2.45) is 16.5 Å². The molecule has 2 aromatic carbocycles. The molecule has 184 valence electrons. The number of alkyl halides is 3. The van der Waals surface area contributed by atoms with E-state index in [0.29, 0.717) is 28.5 Å². The molecule has 1 aromatic heterocycles. The molecule has 3 rings (SSSR count). The standard InChI is InChI=1S/C23H21F5N6O/c1-12-6-13(2-3-17(12)21(30)35)19-11-32-22(34-19)18(31-5-4-23(26,27)28)10-20(29)33-16-8-14(24)7-15(25)9-16/h2-3,6-11,31H,4-5H2,1H3,(H2,29,33)(H2,30,35)(H,32,34)/b18-10+. The lowest BCUT2D eigenvalue weighted by atomic mass is 10.0. The molecule has 0 aliphatic carbocycles. The minimum atomic E-state index is -4.40. The lowest BCUT2D eigenvalue weighted by Gasteiger charge is -2.11. The van der Waals surface area contributed by atoms with E-state index in [1.165, 1.54) is 12.3 Å². The smallest absolute Gasteiger partial charge is 0.384 e. The van der Waals surface area contributed by atoms with Crippen LogP contribution in [-0.2, 0) is 0 Å². The van der Waals surface area contributed by atoms with Crippen LogP contribution >= 0.6 is 0 Å². The molecular weight excluding hydrogens is 471 g/mol. The van der Waals surface area contributed by atoms with Crippen LogP contribution in [0.4, 0.5) is 27.6 Å². The summed E-state index contributed by atoms with van der Waals surface area (Å²) in [5.74, 6) is -2.40. The molecule has 12 heteroatoms. The molecular formula is C23H21F5N6O. The Balaban J connectivity index is 1.94. The minimum absolute atomic E-state index is 0.0732. The van der Waals surface area contributed by atoms with Crippen molar-refractivity contribution in [1.82, 2.24) is 15.3 Å². The Morgan fingerprint density at radius 2 is 1.83 bits per heavy atom. The first-order chi connectivity index (χ1) is 16.4. The fourth-order valence-electron chi connectivity index (χ4n) is 3.19. The fraction of sp³-hybridized carbons (Fsp3) is 0.174. The van der Waals surface area contributed by atoms with Crippen LogP contribution < -0.4 is 16.8 Å². The second kappa shape index (κ2) is 10.4. The summed E-state index contributed by atoms with van der Waals surface area (Å²) < 4.78 is 64.8. The number of carbonyl (C=O) groups is 1. The Bertz CT molecular complexity index is 1280. The van der Waals surface area contributed by atoms with Gasteiger partial charge in [0.1, 0.15) is 17.5 Å². The third-order valence-corrected chi connectivity index (χ3v) is 4.76. The number of hydrogen-bond donors (Lipinski definition) is 4. The average molecular weight is 492 g/mol. The van der Waals surface area contributed by atoms with E-state index >= 15 is 0 Å². The van der Waals surface area contributed by atoms with Crippen LogP contribution in [0.15, 0.2) is 53.7 Å². The molecule has 0 unspecified atom stereocenters. The first-order valence-corrected chi connectivity index (χ1v) is 10.2. The van der Waals surface area contributed by atoms with Gasteiger partial charge < -0.3 is 21.8 Å². The van der Waals surface area contributed by atoms with Gasteiger partial charge in [0.15, 0.2) is 5.82 Å². The molecule has 0 radical (unpaired) electrons. The van der Waals surface area contributed by atoms with Crippen LogP contribution in [0.3, 0.4) is 0 Å². The number of benzene rings is 2. The van der Waals surface area contributed by atoms with Gasteiger partial charge in [-0.1, -0.05) is 6.07 Å². The quantitative estimate of drug-likeness (QED) is 0.212. The summed E-state index contributed by atoms with van der Waals surface area (Å²) in [6.07, 6.45) is -2.88. The number of aromatic nitrogens is 2. The SMILES string of the molecule is Cc1cc(-c2cnc(/C(=C\C(N)=Nc3cc(F)cc(F)c3)NCCC(F)(F)F)[nH]2)ccc1C(N)=O.